The predicted molar refractivity (Wildman–Crippen MR) is 84.9 cm³/mol. The molecule has 0 aliphatic carbocycles. The van der Waals surface area contributed by atoms with Crippen molar-refractivity contribution in [3.05, 3.63) is 51.4 Å². The molecule has 22 heavy (non-hydrogen) atoms. The zero-order valence-electron chi connectivity index (χ0n) is 12.2. The van der Waals surface area contributed by atoms with Crippen molar-refractivity contribution >= 4 is 29.0 Å². The molecule has 3 rings (SSSR count). The second kappa shape index (κ2) is 5.95. The Morgan fingerprint density at radius 1 is 1.36 bits per heavy atom. The average molecular weight is 340 g/mol. The smallest absolute Gasteiger partial charge is 0.162 e. The molecule has 1 aromatic heterocycles. The number of furan rings is 1. The quantitative estimate of drug-likeness (QED) is 0.779. The fourth-order valence-corrected chi connectivity index (χ4v) is 3.34. The molecule has 1 aliphatic heterocycles. The van der Waals surface area contributed by atoms with E-state index in [2.05, 4.69) is 4.90 Å². The highest BCUT2D eigenvalue weighted by molar-refractivity contribution is 6.40. The number of ketones is 1. The Morgan fingerprint density at radius 2 is 2.14 bits per heavy atom. The molecule has 0 amide bonds. The zero-order chi connectivity index (χ0) is 15.9. The highest BCUT2D eigenvalue weighted by Crippen LogP contribution is 2.38. The third-order valence-corrected chi connectivity index (χ3v) is 4.38. The van der Waals surface area contributed by atoms with Crippen LogP contribution in [0.5, 0.6) is 5.75 Å². The average Bonchev–Trinajstić information content (AvgIpc) is 2.89. The lowest BCUT2D eigenvalue weighted by Gasteiger charge is -2.29. The minimum absolute atomic E-state index is 0.190. The number of hydrogen-bond acceptors (Lipinski definition) is 4. The third kappa shape index (κ3) is 2.74. The summed E-state index contributed by atoms with van der Waals surface area (Å²) in [5, 5.41) is 0.577. The van der Waals surface area contributed by atoms with Crippen molar-refractivity contribution in [2.75, 3.05) is 13.6 Å². The summed E-state index contributed by atoms with van der Waals surface area (Å²) >= 11 is 12.3. The van der Waals surface area contributed by atoms with Crippen molar-refractivity contribution in [3.63, 3.8) is 0 Å². The molecule has 6 heteroatoms. The monoisotopic (exact) mass is 339 g/mol. The maximum atomic E-state index is 11.7. The fourth-order valence-electron chi connectivity index (χ4n) is 2.66. The van der Waals surface area contributed by atoms with E-state index in [0.717, 1.165) is 17.9 Å². The van der Waals surface area contributed by atoms with Gasteiger partial charge in [0.25, 0.3) is 0 Å². The number of fused-ring (bicyclic) bond motifs is 1. The molecule has 1 aliphatic rings. The van der Waals surface area contributed by atoms with E-state index in [9.17, 15) is 4.79 Å². The Balaban J connectivity index is 1.95. The van der Waals surface area contributed by atoms with Gasteiger partial charge in [0.15, 0.2) is 5.78 Å². The number of rotatable bonds is 3. The number of ether oxygens (including phenoxy) is 1. The van der Waals surface area contributed by atoms with Crippen LogP contribution >= 0.6 is 23.2 Å². The minimum atomic E-state index is -0.203. The summed E-state index contributed by atoms with van der Waals surface area (Å²) < 4.78 is 11.5. The minimum Gasteiger partial charge on any atom is -0.483 e. The van der Waals surface area contributed by atoms with Crippen molar-refractivity contribution < 1.29 is 13.9 Å². The maximum Gasteiger partial charge on any atom is 0.162 e. The van der Waals surface area contributed by atoms with E-state index >= 15 is 0 Å². The molecule has 1 atom stereocenters. The molecular formula is C16H15Cl2NO3. The Hall–Kier alpha value is -1.49. The van der Waals surface area contributed by atoms with E-state index in [1.807, 2.05) is 13.1 Å². The molecule has 2 aromatic rings. The molecule has 2 heterocycles. The molecule has 0 fully saturated rings. The van der Waals surface area contributed by atoms with Gasteiger partial charge in [-0.05, 0) is 32.2 Å². The molecular weight excluding hydrogens is 325 g/mol. The van der Waals surface area contributed by atoms with Gasteiger partial charge >= 0.3 is 0 Å². The summed E-state index contributed by atoms with van der Waals surface area (Å²) in [7, 11) is 1.99. The Kier molecular flexibility index (Phi) is 4.17. The van der Waals surface area contributed by atoms with Crippen LogP contribution in [-0.2, 0) is 6.54 Å². The first-order valence-corrected chi connectivity index (χ1v) is 7.63. The molecule has 0 saturated carbocycles. The van der Waals surface area contributed by atoms with Gasteiger partial charge in [-0.1, -0.05) is 23.2 Å². The van der Waals surface area contributed by atoms with Crippen LogP contribution < -0.4 is 4.74 Å². The highest BCUT2D eigenvalue weighted by atomic mass is 35.5. The number of benzene rings is 1. The number of carbonyl (C=O) groups is 1. The van der Waals surface area contributed by atoms with Crippen molar-refractivity contribution in [2.45, 2.75) is 19.6 Å². The second-order valence-corrected chi connectivity index (χ2v) is 6.18. The van der Waals surface area contributed by atoms with Crippen LogP contribution in [0.3, 0.4) is 0 Å². The van der Waals surface area contributed by atoms with Crippen LogP contribution in [-0.4, -0.2) is 24.3 Å². The van der Waals surface area contributed by atoms with Crippen LogP contribution in [0.4, 0.5) is 0 Å². The van der Waals surface area contributed by atoms with E-state index < -0.39 is 0 Å². The first-order chi connectivity index (χ1) is 10.5. The highest BCUT2D eigenvalue weighted by Gasteiger charge is 2.28. The summed E-state index contributed by atoms with van der Waals surface area (Å²) in [6.07, 6.45) is 1.45. The number of carbonyl (C=O) groups excluding carboxylic acids is 1. The third-order valence-electron chi connectivity index (χ3n) is 3.69. The molecule has 4 nitrogen and oxygen atoms in total. The van der Waals surface area contributed by atoms with Gasteiger partial charge in [-0.15, -0.1) is 0 Å². The van der Waals surface area contributed by atoms with Crippen LogP contribution in [0.15, 0.2) is 28.9 Å². The number of likely N-dealkylation sites (N-methyl/N-ethyl adjacent to an activating group) is 1. The molecule has 0 spiro atoms. The van der Waals surface area contributed by atoms with Crippen LogP contribution in [0.1, 0.15) is 34.7 Å². The first-order valence-electron chi connectivity index (χ1n) is 6.87. The summed E-state index contributed by atoms with van der Waals surface area (Å²) in [6, 6.07) is 5.22. The summed E-state index contributed by atoms with van der Waals surface area (Å²) in [4.78, 5) is 13.8. The van der Waals surface area contributed by atoms with Gasteiger partial charge in [0.05, 0.1) is 28.4 Å². The Bertz CT molecular complexity index is 726. The van der Waals surface area contributed by atoms with Gasteiger partial charge in [-0.3, -0.25) is 9.69 Å². The Morgan fingerprint density at radius 3 is 2.86 bits per heavy atom. The van der Waals surface area contributed by atoms with E-state index in [0.29, 0.717) is 17.3 Å². The molecule has 0 radical (unpaired) electrons. The van der Waals surface area contributed by atoms with Gasteiger partial charge in [-0.25, -0.2) is 0 Å². The van der Waals surface area contributed by atoms with Crippen LogP contribution in [0.25, 0.3) is 0 Å². The predicted octanol–water partition coefficient (Wildman–Crippen LogP) is 4.35. The maximum absolute atomic E-state index is 11.7. The van der Waals surface area contributed by atoms with Crippen molar-refractivity contribution in [3.8, 4) is 5.75 Å². The van der Waals surface area contributed by atoms with Gasteiger partial charge in [0, 0.05) is 12.1 Å². The van der Waals surface area contributed by atoms with E-state index in [1.165, 1.54) is 6.92 Å². The van der Waals surface area contributed by atoms with Crippen molar-refractivity contribution in [1.29, 1.82) is 0 Å². The van der Waals surface area contributed by atoms with Crippen molar-refractivity contribution in [2.24, 2.45) is 0 Å². The van der Waals surface area contributed by atoms with Crippen LogP contribution in [0.2, 0.25) is 10.0 Å². The topological polar surface area (TPSA) is 42.7 Å². The summed E-state index contributed by atoms with van der Waals surface area (Å²) in [5.41, 5.74) is 1.30. The SMILES string of the molecule is CC(=O)c1c(Cl)ccc(OC2CN(C)Cc3occc32)c1Cl. The first kappa shape index (κ1) is 15.4. The van der Waals surface area contributed by atoms with Gasteiger partial charge < -0.3 is 9.15 Å². The molecule has 116 valence electrons. The normalized spacial score (nSPS) is 18.1. The van der Waals surface area contributed by atoms with Crippen LogP contribution in [0, 0.1) is 0 Å². The fraction of sp³-hybridized carbons (Fsp3) is 0.312. The number of Topliss-reactive ketones (excluding diaryl/α,β-unsaturated/α-hetero) is 1. The lowest BCUT2D eigenvalue weighted by Crippen LogP contribution is -2.32. The standard InChI is InChI=1S/C16H15Cl2NO3/c1-9(20)15-11(17)3-4-12(16(15)18)22-14-8-19(2)7-13-10(14)5-6-21-13/h3-6,14H,7-8H2,1-2H3. The molecule has 0 saturated heterocycles. The Labute approximate surface area is 138 Å². The van der Waals surface area contributed by atoms with E-state index in [-0.39, 0.29) is 22.5 Å². The zero-order valence-corrected chi connectivity index (χ0v) is 13.7. The molecule has 1 aromatic carbocycles. The van der Waals surface area contributed by atoms with E-state index in [4.69, 9.17) is 32.4 Å². The van der Waals surface area contributed by atoms with Crippen molar-refractivity contribution in [1.82, 2.24) is 4.90 Å². The van der Waals surface area contributed by atoms with Gasteiger partial charge in [0.1, 0.15) is 17.6 Å². The van der Waals surface area contributed by atoms with Gasteiger partial charge in [-0.2, -0.15) is 0 Å². The van der Waals surface area contributed by atoms with Gasteiger partial charge in [0.2, 0.25) is 0 Å². The molecule has 0 N–H and O–H groups in total. The number of hydrogen-bond donors (Lipinski definition) is 0. The molecule has 1 unspecified atom stereocenters. The lowest BCUT2D eigenvalue weighted by molar-refractivity contribution is 0.101. The lowest BCUT2D eigenvalue weighted by atomic mass is 10.1. The largest absolute Gasteiger partial charge is 0.483 e. The number of nitrogens with zero attached hydrogens (tertiary/aromatic N) is 1. The number of halogens is 2. The second-order valence-electron chi connectivity index (χ2n) is 5.39. The summed E-state index contributed by atoms with van der Waals surface area (Å²) in [5.74, 6) is 1.14. The molecule has 0 bridgehead atoms. The summed E-state index contributed by atoms with van der Waals surface area (Å²) in [6.45, 7) is 2.88. The van der Waals surface area contributed by atoms with E-state index in [1.54, 1.807) is 18.4 Å².